The monoisotopic (exact) mass is 406 g/mol. The van der Waals surface area contributed by atoms with Gasteiger partial charge in [0.05, 0.1) is 18.7 Å². The van der Waals surface area contributed by atoms with Crippen LogP contribution in [-0.2, 0) is 14.3 Å². The fraction of sp³-hybridized carbons (Fsp3) is 0.421. The lowest BCUT2D eigenvalue weighted by molar-refractivity contribution is -0.136. The number of nitrogens with zero attached hydrogens (tertiary/aromatic N) is 1. The number of rotatable bonds is 5. The lowest BCUT2D eigenvalue weighted by Crippen LogP contribution is -2.49. The van der Waals surface area contributed by atoms with Crippen LogP contribution in [-0.4, -0.2) is 49.6 Å². The molecule has 0 spiro atoms. The summed E-state index contributed by atoms with van der Waals surface area (Å²) in [6, 6.07) is 5.91. The number of hydrogen-bond acceptors (Lipinski definition) is 5. The molecule has 1 unspecified atom stereocenters. The molecule has 3 amide bonds. The highest BCUT2D eigenvalue weighted by Crippen LogP contribution is 2.30. The van der Waals surface area contributed by atoms with Crippen molar-refractivity contribution in [1.82, 2.24) is 15.5 Å². The van der Waals surface area contributed by atoms with Crippen LogP contribution in [0.25, 0.3) is 0 Å². The summed E-state index contributed by atoms with van der Waals surface area (Å²) >= 11 is 6.09. The van der Waals surface area contributed by atoms with E-state index in [1.54, 1.807) is 24.3 Å². The van der Waals surface area contributed by atoms with Crippen molar-refractivity contribution in [3.63, 3.8) is 0 Å². The molecule has 3 rings (SSSR count). The first-order valence-corrected chi connectivity index (χ1v) is 9.43. The number of amides is 3. The van der Waals surface area contributed by atoms with E-state index in [1.807, 2.05) is 0 Å². The zero-order valence-corrected chi connectivity index (χ0v) is 16.3. The Bertz CT molecular complexity index is 818. The van der Waals surface area contributed by atoms with Gasteiger partial charge >= 0.3 is 12.0 Å². The Labute approximate surface area is 168 Å². The van der Waals surface area contributed by atoms with Gasteiger partial charge in [0.2, 0.25) is 5.91 Å². The number of methoxy groups -OCH3 is 1. The molecule has 0 aliphatic carbocycles. The maximum Gasteiger partial charge on any atom is 0.338 e. The van der Waals surface area contributed by atoms with Crippen LogP contribution in [0.4, 0.5) is 4.79 Å². The van der Waals surface area contributed by atoms with Crippen molar-refractivity contribution in [2.45, 2.75) is 18.9 Å². The number of ether oxygens (including phenoxy) is 1. The van der Waals surface area contributed by atoms with Gasteiger partial charge in [-0.1, -0.05) is 23.7 Å². The summed E-state index contributed by atoms with van der Waals surface area (Å²) in [7, 11) is 1.30. The van der Waals surface area contributed by atoms with Crippen LogP contribution in [0.3, 0.4) is 0 Å². The molecule has 0 aromatic heterocycles. The molecule has 9 heteroatoms. The van der Waals surface area contributed by atoms with Gasteiger partial charge in [-0.3, -0.25) is 9.69 Å². The fourth-order valence-electron chi connectivity index (χ4n) is 3.63. The average Bonchev–Trinajstić information content (AvgIpc) is 2.67. The van der Waals surface area contributed by atoms with E-state index in [0.29, 0.717) is 54.3 Å². The number of piperidine rings is 1. The van der Waals surface area contributed by atoms with Crippen LogP contribution >= 0.6 is 11.6 Å². The van der Waals surface area contributed by atoms with Gasteiger partial charge in [-0.25, -0.2) is 9.59 Å². The first-order valence-electron chi connectivity index (χ1n) is 9.05. The first kappa shape index (κ1) is 20.2. The van der Waals surface area contributed by atoms with Crippen LogP contribution in [0.1, 0.15) is 24.4 Å². The molecule has 2 aliphatic rings. The quantitative estimate of drug-likeness (QED) is 0.638. The zero-order chi connectivity index (χ0) is 20.3. The molecule has 1 aromatic rings. The molecule has 8 nitrogen and oxygen atoms in total. The van der Waals surface area contributed by atoms with Crippen molar-refractivity contribution in [2.24, 2.45) is 11.7 Å². The second-order valence-electron chi connectivity index (χ2n) is 6.92. The molecule has 2 aliphatic heterocycles. The highest BCUT2D eigenvalue weighted by molar-refractivity contribution is 6.30. The Morgan fingerprint density at radius 2 is 2.04 bits per heavy atom. The Morgan fingerprint density at radius 3 is 2.64 bits per heavy atom. The lowest BCUT2D eigenvalue weighted by Gasteiger charge is -2.34. The van der Waals surface area contributed by atoms with Gasteiger partial charge in [-0.2, -0.15) is 0 Å². The van der Waals surface area contributed by atoms with Gasteiger partial charge in [0, 0.05) is 23.2 Å². The summed E-state index contributed by atoms with van der Waals surface area (Å²) < 4.78 is 4.97. The van der Waals surface area contributed by atoms with E-state index in [9.17, 15) is 14.4 Å². The second-order valence-corrected chi connectivity index (χ2v) is 7.36. The molecule has 2 heterocycles. The van der Waals surface area contributed by atoms with E-state index in [2.05, 4.69) is 15.5 Å². The molecule has 1 fully saturated rings. The number of esters is 1. The van der Waals surface area contributed by atoms with Crippen molar-refractivity contribution >= 4 is 29.5 Å². The third-order valence-corrected chi connectivity index (χ3v) is 5.35. The minimum atomic E-state index is -0.668. The largest absolute Gasteiger partial charge is 0.466 e. The predicted molar refractivity (Wildman–Crippen MR) is 103 cm³/mol. The Morgan fingerprint density at radius 1 is 1.32 bits per heavy atom. The van der Waals surface area contributed by atoms with Crippen LogP contribution in [0.5, 0.6) is 0 Å². The smallest absolute Gasteiger partial charge is 0.338 e. The van der Waals surface area contributed by atoms with Gasteiger partial charge < -0.3 is 21.1 Å². The van der Waals surface area contributed by atoms with E-state index >= 15 is 0 Å². The summed E-state index contributed by atoms with van der Waals surface area (Å²) in [6.07, 6.45) is 1.31. The second kappa shape index (κ2) is 8.62. The molecule has 150 valence electrons. The number of primary amides is 1. The van der Waals surface area contributed by atoms with Gasteiger partial charge in [-0.05, 0) is 43.6 Å². The maximum atomic E-state index is 12.6. The fourth-order valence-corrected chi connectivity index (χ4v) is 3.83. The number of halogens is 1. The molecule has 1 atom stereocenters. The summed E-state index contributed by atoms with van der Waals surface area (Å²) in [6.45, 7) is 1.66. The zero-order valence-electron chi connectivity index (χ0n) is 15.5. The van der Waals surface area contributed by atoms with E-state index in [1.165, 1.54) is 7.11 Å². The van der Waals surface area contributed by atoms with Gasteiger partial charge in [0.1, 0.15) is 0 Å². The summed E-state index contributed by atoms with van der Waals surface area (Å²) in [4.78, 5) is 38.3. The third-order valence-electron chi connectivity index (χ3n) is 5.11. The van der Waals surface area contributed by atoms with E-state index in [4.69, 9.17) is 22.1 Å². The van der Waals surface area contributed by atoms with Crippen molar-refractivity contribution in [3.05, 3.63) is 46.1 Å². The molecule has 1 aromatic carbocycles. The van der Waals surface area contributed by atoms with Gasteiger partial charge in [0.25, 0.3) is 0 Å². The number of urea groups is 1. The molecular formula is C19H23ClN4O4. The first-order chi connectivity index (χ1) is 13.4. The molecule has 0 bridgehead atoms. The van der Waals surface area contributed by atoms with Crippen LogP contribution in [0, 0.1) is 5.92 Å². The normalized spacial score (nSPS) is 21.1. The topological polar surface area (TPSA) is 114 Å². The minimum Gasteiger partial charge on any atom is -0.466 e. The third kappa shape index (κ3) is 4.45. The van der Waals surface area contributed by atoms with Crippen molar-refractivity contribution in [1.29, 1.82) is 0 Å². The van der Waals surface area contributed by atoms with Crippen LogP contribution in [0.2, 0.25) is 5.02 Å². The number of nitrogens with one attached hydrogen (secondary N) is 2. The Kier molecular flexibility index (Phi) is 6.21. The van der Waals surface area contributed by atoms with Crippen LogP contribution in [0.15, 0.2) is 35.5 Å². The summed E-state index contributed by atoms with van der Waals surface area (Å²) in [5.74, 6) is -0.947. The molecule has 0 radical (unpaired) electrons. The van der Waals surface area contributed by atoms with E-state index in [-0.39, 0.29) is 11.8 Å². The van der Waals surface area contributed by atoms with Crippen molar-refractivity contribution in [3.8, 4) is 0 Å². The number of benzene rings is 1. The molecule has 4 N–H and O–H groups in total. The van der Waals surface area contributed by atoms with Crippen molar-refractivity contribution in [2.75, 3.05) is 26.7 Å². The average molecular weight is 407 g/mol. The number of carbonyl (C=O) groups is 3. The number of hydrogen-bond donors (Lipinski definition) is 3. The number of likely N-dealkylation sites (tertiary alicyclic amines) is 1. The number of nitrogens with two attached hydrogens (primary N) is 1. The summed E-state index contributed by atoms with van der Waals surface area (Å²) in [5, 5.41) is 6.01. The van der Waals surface area contributed by atoms with Gasteiger partial charge in [0.15, 0.2) is 0 Å². The highest BCUT2D eigenvalue weighted by Gasteiger charge is 2.34. The predicted octanol–water partition coefficient (Wildman–Crippen LogP) is 1.32. The number of carbonyl (C=O) groups excluding carboxylic acids is 3. The molecule has 28 heavy (non-hydrogen) atoms. The molecular weight excluding hydrogens is 384 g/mol. The van der Waals surface area contributed by atoms with Crippen LogP contribution < -0.4 is 16.4 Å². The molecule has 0 saturated carbocycles. The van der Waals surface area contributed by atoms with Gasteiger partial charge in [-0.15, -0.1) is 0 Å². The van der Waals surface area contributed by atoms with Crippen molar-refractivity contribution < 1.29 is 19.1 Å². The minimum absolute atomic E-state index is 0.132. The SMILES string of the molecule is COC(=O)C1=C(CN2CCC(C(N)=O)CC2)NC(=O)NC1c1cccc(Cl)c1. The Hall–Kier alpha value is -2.58. The standard InChI is InChI=1S/C19H23ClN4O4/c1-28-18(26)15-14(10-24-7-5-11(6-8-24)17(21)25)22-19(27)23-16(15)12-3-2-4-13(20)9-12/h2-4,9,11,16H,5-8,10H2,1H3,(H2,21,25)(H2,22,23,27). The molecule has 1 saturated heterocycles. The maximum absolute atomic E-state index is 12.6. The highest BCUT2D eigenvalue weighted by atomic mass is 35.5. The Balaban J connectivity index is 1.89. The van der Waals surface area contributed by atoms with E-state index < -0.39 is 18.0 Å². The summed E-state index contributed by atoms with van der Waals surface area (Å²) in [5.41, 5.74) is 6.89. The van der Waals surface area contributed by atoms with E-state index in [0.717, 1.165) is 0 Å². The lowest BCUT2D eigenvalue weighted by atomic mass is 9.93.